The van der Waals surface area contributed by atoms with Crippen LogP contribution in [0.1, 0.15) is 41.5 Å². The molecule has 18 nitrogen and oxygen atoms in total. The average Bonchev–Trinajstić information content (AvgIpc) is 2.87. The van der Waals surface area contributed by atoms with Gasteiger partial charge in [0.2, 0.25) is 0 Å². The highest BCUT2D eigenvalue weighted by Gasteiger charge is 2.56. The first-order chi connectivity index (χ1) is 20.1. The predicted octanol–water partition coefficient (Wildman–Crippen LogP) is 0.748. The summed E-state index contributed by atoms with van der Waals surface area (Å²) in [4.78, 5) is 74.4. The number of hydrogen-bond acceptors (Lipinski definition) is 16. The maximum atomic E-state index is 12.2. The summed E-state index contributed by atoms with van der Waals surface area (Å²) in [6.07, 6.45) is -11.8. The monoisotopic (exact) mass is 681 g/mol. The lowest BCUT2D eigenvalue weighted by molar-refractivity contribution is -0.336. The van der Waals surface area contributed by atoms with Gasteiger partial charge in [0, 0.05) is 46.5 Å². The Kier molecular flexibility index (Phi) is 13.6. The highest BCUT2D eigenvalue weighted by molar-refractivity contribution is 9.09. The molecule has 2 heterocycles. The molecule has 0 aromatic carbocycles. The van der Waals surface area contributed by atoms with Gasteiger partial charge in [0.1, 0.15) is 48.7 Å². The van der Waals surface area contributed by atoms with E-state index >= 15 is 0 Å². The summed E-state index contributed by atoms with van der Waals surface area (Å²) in [5.41, 5.74) is 9.16. The van der Waals surface area contributed by atoms with Gasteiger partial charge < -0.3 is 42.6 Å². The Bertz CT molecular complexity index is 1120. The molecule has 0 amide bonds. The molecule has 0 aliphatic carbocycles. The van der Waals surface area contributed by atoms with E-state index in [1.165, 1.54) is 0 Å². The van der Waals surface area contributed by atoms with Crippen molar-refractivity contribution in [1.29, 1.82) is 0 Å². The minimum Gasteiger partial charge on any atom is -0.463 e. The number of esters is 6. The predicted molar refractivity (Wildman–Crippen MR) is 140 cm³/mol. The minimum atomic E-state index is -1.72. The third-order valence-corrected chi connectivity index (χ3v) is 6.53. The number of alkyl halides is 1. The Morgan fingerprint density at radius 1 is 0.651 bits per heavy atom. The van der Waals surface area contributed by atoms with Gasteiger partial charge in [-0.1, -0.05) is 21.0 Å². The fourth-order valence-electron chi connectivity index (χ4n) is 4.34. The Morgan fingerprint density at radius 3 is 1.56 bits per heavy atom. The normalized spacial score (nSPS) is 31.8. The van der Waals surface area contributed by atoms with E-state index in [0.717, 1.165) is 41.5 Å². The molecule has 19 heteroatoms. The lowest BCUT2D eigenvalue weighted by atomic mass is 9.96. The van der Waals surface area contributed by atoms with Gasteiger partial charge in [-0.2, -0.15) is 0 Å². The van der Waals surface area contributed by atoms with Crippen molar-refractivity contribution < 1.29 is 71.4 Å². The van der Waals surface area contributed by atoms with Crippen LogP contribution in [0.5, 0.6) is 0 Å². The summed E-state index contributed by atoms with van der Waals surface area (Å²) in [6, 6.07) is -1.24. The molecule has 0 bridgehead atoms. The Morgan fingerprint density at radius 2 is 1.09 bits per heavy atom. The largest absolute Gasteiger partial charge is 0.463 e. The van der Waals surface area contributed by atoms with Crippen molar-refractivity contribution in [2.24, 2.45) is 5.11 Å². The lowest BCUT2D eigenvalue weighted by Gasteiger charge is -2.48. The van der Waals surface area contributed by atoms with E-state index in [1.807, 2.05) is 0 Å². The fraction of sp³-hybridized carbons (Fsp3) is 0.750. The van der Waals surface area contributed by atoms with E-state index in [1.54, 1.807) is 0 Å². The molecule has 2 rings (SSSR count). The SMILES string of the molecule is CC(=O)OC[C@H]1O[C@@H](O[C@H]2[C@H](OC(C)=O)[C@@H](N=[N+]=[N-])[C@H](Br)O[C@@H]2COC(C)=O)[C@H](OC(C)=O)[C@@H](OC(C)=O)[C@H]1OC(C)=O. The molecule has 0 aromatic heterocycles. The number of halogens is 1. The fourth-order valence-corrected chi connectivity index (χ4v) is 5.02. The topological polar surface area (TPSA) is 234 Å². The average molecular weight is 682 g/mol. The molecular formula is C24H32BrN3O15. The molecule has 0 aromatic rings. The van der Waals surface area contributed by atoms with Crippen molar-refractivity contribution in [2.75, 3.05) is 13.2 Å². The minimum absolute atomic E-state index is 0.450. The van der Waals surface area contributed by atoms with Crippen molar-refractivity contribution in [3.63, 3.8) is 0 Å². The molecule has 2 saturated heterocycles. The molecule has 0 saturated carbocycles. The number of azide groups is 1. The quantitative estimate of drug-likeness (QED) is 0.0730. The highest BCUT2D eigenvalue weighted by Crippen LogP contribution is 2.36. The van der Waals surface area contributed by atoms with Gasteiger partial charge >= 0.3 is 35.8 Å². The summed E-state index contributed by atoms with van der Waals surface area (Å²) in [5.74, 6) is -4.83. The van der Waals surface area contributed by atoms with Crippen molar-refractivity contribution in [3.8, 4) is 0 Å². The molecule has 2 fully saturated rings. The highest BCUT2D eigenvalue weighted by atomic mass is 79.9. The van der Waals surface area contributed by atoms with Crippen LogP contribution in [0.2, 0.25) is 0 Å². The summed E-state index contributed by atoms with van der Waals surface area (Å²) in [7, 11) is 0. The van der Waals surface area contributed by atoms with Crippen molar-refractivity contribution >= 4 is 51.7 Å². The van der Waals surface area contributed by atoms with E-state index in [4.69, 9.17) is 48.2 Å². The van der Waals surface area contributed by atoms with Gasteiger partial charge in [-0.15, -0.1) is 0 Å². The Labute approximate surface area is 253 Å². The summed E-state index contributed by atoms with van der Waals surface area (Å²) in [5, 5.41) is 2.58. The van der Waals surface area contributed by atoms with Crippen LogP contribution in [0.4, 0.5) is 0 Å². The maximum Gasteiger partial charge on any atom is 0.303 e. The van der Waals surface area contributed by atoms with Gasteiger partial charge in [-0.05, 0) is 5.53 Å². The van der Waals surface area contributed by atoms with Crippen LogP contribution in [0, 0.1) is 0 Å². The van der Waals surface area contributed by atoms with Crippen LogP contribution < -0.4 is 0 Å². The molecule has 0 N–H and O–H groups in total. The van der Waals surface area contributed by atoms with E-state index in [9.17, 15) is 28.8 Å². The van der Waals surface area contributed by atoms with Crippen LogP contribution >= 0.6 is 15.9 Å². The summed E-state index contributed by atoms with van der Waals surface area (Å²) in [6.45, 7) is 5.49. The molecule has 240 valence electrons. The van der Waals surface area contributed by atoms with E-state index in [-0.39, 0.29) is 0 Å². The first kappa shape index (κ1) is 35.7. The van der Waals surface area contributed by atoms with Crippen molar-refractivity contribution in [2.45, 2.75) is 102 Å². The smallest absolute Gasteiger partial charge is 0.303 e. The zero-order valence-electron chi connectivity index (χ0n) is 24.0. The molecular weight excluding hydrogens is 650 g/mol. The number of ether oxygens (including phenoxy) is 9. The second-order valence-electron chi connectivity index (χ2n) is 9.27. The van der Waals surface area contributed by atoms with Crippen LogP contribution in [-0.4, -0.2) is 109 Å². The number of nitrogens with zero attached hydrogens (tertiary/aromatic N) is 3. The second kappa shape index (κ2) is 16.4. The standard InChI is InChI=1S/C24H32BrN3O15/c1-9(29)35-7-15-18(20(38-12(4)32)17(27-28-26)23(25)41-15)43-24-22(40-14(6)34)21(39-13(5)33)19(37-11(3)31)16(42-24)8-36-10(2)30/h15-24H,7-8H2,1-6H3/t15-,16-,17-,18-,19+,20-,21+,22-,23-,24+/m1/s1. The Balaban J connectivity index is 2.66. The second-order valence-corrected chi connectivity index (χ2v) is 10.2. The first-order valence-corrected chi connectivity index (χ1v) is 13.7. The van der Waals surface area contributed by atoms with Gasteiger partial charge in [0.05, 0.1) is 0 Å². The van der Waals surface area contributed by atoms with E-state index in [2.05, 4.69) is 26.0 Å². The number of rotatable bonds is 11. The summed E-state index contributed by atoms with van der Waals surface area (Å²) >= 11 is 3.21. The first-order valence-electron chi connectivity index (χ1n) is 12.7. The van der Waals surface area contributed by atoms with Crippen molar-refractivity contribution in [1.82, 2.24) is 0 Å². The van der Waals surface area contributed by atoms with Gasteiger partial charge in [0.15, 0.2) is 24.6 Å². The molecule has 2 aliphatic rings. The summed E-state index contributed by atoms with van der Waals surface area (Å²) < 4.78 is 49.7. The molecule has 10 atom stereocenters. The molecule has 43 heavy (non-hydrogen) atoms. The number of hydrogen-bond donors (Lipinski definition) is 0. The van der Waals surface area contributed by atoms with Crippen LogP contribution in [-0.2, 0) is 71.4 Å². The zero-order chi connectivity index (χ0) is 32.4. The molecule has 2 aliphatic heterocycles. The lowest BCUT2D eigenvalue weighted by Crippen LogP contribution is -2.66. The van der Waals surface area contributed by atoms with E-state index < -0.39 is 109 Å². The molecule has 0 spiro atoms. The third-order valence-electron chi connectivity index (χ3n) is 5.78. The van der Waals surface area contributed by atoms with E-state index in [0.29, 0.717) is 0 Å². The van der Waals surface area contributed by atoms with Gasteiger partial charge in [-0.3, -0.25) is 28.8 Å². The molecule has 0 radical (unpaired) electrons. The van der Waals surface area contributed by atoms with Crippen LogP contribution in [0.25, 0.3) is 10.4 Å². The van der Waals surface area contributed by atoms with Crippen LogP contribution in [0.15, 0.2) is 5.11 Å². The van der Waals surface area contributed by atoms with Gasteiger partial charge in [-0.25, -0.2) is 0 Å². The number of carbonyl (C=O) groups is 6. The maximum absolute atomic E-state index is 12.2. The number of carbonyl (C=O) groups excluding carboxylic acids is 6. The zero-order valence-corrected chi connectivity index (χ0v) is 25.6. The van der Waals surface area contributed by atoms with Gasteiger partial charge in [0.25, 0.3) is 0 Å². The Hall–Kier alpha value is -3.51. The third kappa shape index (κ3) is 10.6. The van der Waals surface area contributed by atoms with Crippen LogP contribution in [0.3, 0.4) is 0 Å². The molecule has 0 unspecified atom stereocenters. The van der Waals surface area contributed by atoms with Crippen molar-refractivity contribution in [3.05, 3.63) is 10.4 Å².